The van der Waals surface area contributed by atoms with Gasteiger partial charge in [-0.3, -0.25) is 8.37 Å². The quantitative estimate of drug-likeness (QED) is 0.189. The SMILES string of the molecule is O=S(=O)([O-])O[C@H]1[C@H](OCc2ccccc2)[C@@H](c2cc[nH]c2)C=C(Br)[C@H]1OS(=O)(=O)[O-].[Na+].[Na+]. The van der Waals surface area contributed by atoms with Crippen molar-refractivity contribution in [3.05, 3.63) is 70.5 Å². The Labute approximate surface area is 238 Å². The second-order valence-corrected chi connectivity index (χ2v) is 9.31. The van der Waals surface area contributed by atoms with Crippen molar-refractivity contribution in [2.45, 2.75) is 30.8 Å². The summed E-state index contributed by atoms with van der Waals surface area (Å²) in [6.45, 7) is -0.00645. The Kier molecular flexibility index (Phi) is 12.3. The van der Waals surface area contributed by atoms with E-state index in [4.69, 9.17) is 4.74 Å². The van der Waals surface area contributed by atoms with Crippen molar-refractivity contribution in [3.63, 3.8) is 0 Å². The largest absolute Gasteiger partial charge is 1.00 e. The number of benzene rings is 1. The summed E-state index contributed by atoms with van der Waals surface area (Å²) in [7, 11) is -10.6. The molecule has 0 fully saturated rings. The van der Waals surface area contributed by atoms with Crippen molar-refractivity contribution < 1.29 is 98.2 Å². The Balaban J connectivity index is 0.00000256. The van der Waals surface area contributed by atoms with E-state index in [0.717, 1.165) is 5.56 Å². The van der Waals surface area contributed by atoms with Gasteiger partial charge in [0.2, 0.25) is 20.8 Å². The summed E-state index contributed by atoms with van der Waals surface area (Å²) < 4.78 is 82.7. The van der Waals surface area contributed by atoms with Gasteiger partial charge >= 0.3 is 59.1 Å². The van der Waals surface area contributed by atoms with E-state index in [9.17, 15) is 25.9 Å². The number of nitrogens with one attached hydrogen (secondary N) is 1. The van der Waals surface area contributed by atoms with Crippen molar-refractivity contribution in [3.8, 4) is 0 Å². The molecule has 0 bridgehead atoms. The van der Waals surface area contributed by atoms with E-state index in [-0.39, 0.29) is 70.2 Å². The summed E-state index contributed by atoms with van der Waals surface area (Å²) in [5.41, 5.74) is 1.38. The number of aromatic nitrogens is 1. The Hall–Kier alpha value is 0.420. The van der Waals surface area contributed by atoms with Crippen LogP contribution in [0, 0.1) is 0 Å². The number of H-pyrrole nitrogens is 1. The third-order valence-electron chi connectivity index (χ3n) is 4.33. The molecule has 3 rings (SSSR count). The first-order valence-corrected chi connectivity index (χ1v) is 11.9. The second-order valence-electron chi connectivity index (χ2n) is 6.38. The summed E-state index contributed by atoms with van der Waals surface area (Å²) in [6, 6.07) is 10.5. The maximum atomic E-state index is 11.4. The third-order valence-corrected chi connectivity index (χ3v) is 5.95. The van der Waals surface area contributed by atoms with E-state index in [0.29, 0.717) is 5.56 Å². The monoisotopic (exact) mass is 567 g/mol. The molecule has 1 aromatic carbocycles. The van der Waals surface area contributed by atoms with Crippen LogP contribution >= 0.6 is 15.9 Å². The molecule has 4 atom stereocenters. The van der Waals surface area contributed by atoms with Gasteiger partial charge in [0, 0.05) is 22.8 Å². The molecular formula is C17H16BrNNa2O9S2. The zero-order valence-electron chi connectivity index (χ0n) is 17.1. The average Bonchev–Trinajstić information content (AvgIpc) is 3.17. The summed E-state index contributed by atoms with van der Waals surface area (Å²) in [4.78, 5) is 2.85. The zero-order valence-corrected chi connectivity index (χ0v) is 24.3. The van der Waals surface area contributed by atoms with E-state index >= 15 is 0 Å². The number of hydrogen-bond acceptors (Lipinski definition) is 9. The molecule has 15 heteroatoms. The minimum atomic E-state index is -5.31. The third kappa shape index (κ3) is 8.89. The maximum Gasteiger partial charge on any atom is 1.00 e. The molecule has 32 heavy (non-hydrogen) atoms. The number of rotatable bonds is 8. The molecule has 0 saturated heterocycles. The van der Waals surface area contributed by atoms with E-state index in [1.165, 1.54) is 6.08 Å². The normalized spacial score (nSPS) is 23.5. The molecule has 10 nitrogen and oxygen atoms in total. The number of hydrogen-bond donors (Lipinski definition) is 1. The minimum Gasteiger partial charge on any atom is -0.726 e. The first-order valence-electron chi connectivity index (χ1n) is 8.47. The predicted molar refractivity (Wildman–Crippen MR) is 105 cm³/mol. The van der Waals surface area contributed by atoms with Gasteiger partial charge in [0.15, 0.2) is 0 Å². The van der Waals surface area contributed by atoms with Gasteiger partial charge in [-0.05, 0) is 17.2 Å². The van der Waals surface area contributed by atoms with E-state index < -0.39 is 45.0 Å². The summed E-state index contributed by atoms with van der Waals surface area (Å²) in [5, 5.41) is 0. The van der Waals surface area contributed by atoms with Gasteiger partial charge in [-0.1, -0.05) is 52.3 Å². The van der Waals surface area contributed by atoms with Crippen LogP contribution in [0.5, 0.6) is 0 Å². The molecule has 0 unspecified atom stereocenters. The van der Waals surface area contributed by atoms with Crippen LogP contribution in [0.1, 0.15) is 17.0 Å². The second kappa shape index (κ2) is 12.9. The number of aromatic amines is 1. The van der Waals surface area contributed by atoms with Gasteiger partial charge in [0.25, 0.3) is 0 Å². The summed E-state index contributed by atoms with van der Waals surface area (Å²) >= 11 is 3.10. The standard InChI is InChI=1S/C17H18BrNO9S2.2Na/c18-14-8-13(12-6-7-19-9-12)15(26-10-11-4-2-1-3-5-11)17(28-30(23,24)25)16(14)27-29(20,21)22;;/h1-9,13,15-17,19H,10H2,(H,20,21,22)(H,23,24,25);;/q;2*+1/p-2/t13-,15-,16-,17+;;/m1../s1. The Morgan fingerprint density at radius 2 is 1.56 bits per heavy atom. The number of ether oxygens (including phenoxy) is 1. The zero-order chi connectivity index (χ0) is 21.9. The Morgan fingerprint density at radius 1 is 0.938 bits per heavy atom. The van der Waals surface area contributed by atoms with Crippen LogP contribution in [-0.2, 0) is 40.5 Å². The van der Waals surface area contributed by atoms with Crippen molar-refractivity contribution >= 4 is 36.7 Å². The van der Waals surface area contributed by atoms with Crippen LogP contribution in [0.15, 0.2) is 59.4 Å². The van der Waals surface area contributed by atoms with Crippen molar-refractivity contribution in [2.75, 3.05) is 0 Å². The van der Waals surface area contributed by atoms with Gasteiger partial charge < -0.3 is 18.8 Å². The Bertz CT molecular complexity index is 1100. The van der Waals surface area contributed by atoms with Gasteiger partial charge in [-0.15, -0.1) is 0 Å². The first kappa shape index (κ1) is 30.5. The minimum absolute atomic E-state index is 0. The van der Waals surface area contributed by atoms with Crippen LogP contribution in [0.2, 0.25) is 0 Å². The predicted octanol–water partition coefficient (Wildman–Crippen LogP) is -4.33. The molecular weight excluding hydrogens is 552 g/mol. The molecule has 1 heterocycles. The van der Waals surface area contributed by atoms with Gasteiger partial charge in [0.1, 0.15) is 12.2 Å². The van der Waals surface area contributed by atoms with Crippen molar-refractivity contribution in [1.82, 2.24) is 4.98 Å². The fraction of sp³-hybridized carbons (Fsp3) is 0.294. The van der Waals surface area contributed by atoms with E-state index in [1.807, 2.05) is 0 Å². The van der Waals surface area contributed by atoms with Gasteiger partial charge in [-0.25, -0.2) is 16.8 Å². The van der Waals surface area contributed by atoms with Crippen LogP contribution in [0.3, 0.4) is 0 Å². The molecule has 0 saturated carbocycles. The fourth-order valence-electron chi connectivity index (χ4n) is 3.16. The average molecular weight is 568 g/mol. The van der Waals surface area contributed by atoms with Crippen LogP contribution in [0.25, 0.3) is 0 Å². The molecule has 0 amide bonds. The molecule has 1 aliphatic carbocycles. The summed E-state index contributed by atoms with van der Waals surface area (Å²) in [6.07, 6.45) is 0.0840. The molecule has 1 N–H and O–H groups in total. The van der Waals surface area contributed by atoms with E-state index in [1.54, 1.807) is 48.8 Å². The topological polar surface area (TPSA) is 158 Å². The molecule has 2 aromatic rings. The molecule has 1 aromatic heterocycles. The van der Waals surface area contributed by atoms with Crippen LogP contribution in [-0.4, -0.2) is 49.2 Å². The maximum absolute atomic E-state index is 11.4. The van der Waals surface area contributed by atoms with Gasteiger partial charge in [0.05, 0.1) is 12.7 Å². The first-order chi connectivity index (χ1) is 14.0. The van der Waals surface area contributed by atoms with Crippen LogP contribution in [0.4, 0.5) is 0 Å². The van der Waals surface area contributed by atoms with Crippen molar-refractivity contribution in [1.29, 1.82) is 0 Å². The van der Waals surface area contributed by atoms with Crippen LogP contribution < -0.4 is 59.1 Å². The molecule has 0 aliphatic heterocycles. The summed E-state index contributed by atoms with van der Waals surface area (Å²) in [5.74, 6) is -0.657. The smallest absolute Gasteiger partial charge is 0.726 e. The fourth-order valence-corrected chi connectivity index (χ4v) is 4.87. The van der Waals surface area contributed by atoms with E-state index in [2.05, 4.69) is 29.3 Å². The number of halogens is 1. The molecule has 164 valence electrons. The molecule has 0 spiro atoms. The molecule has 0 radical (unpaired) electrons. The van der Waals surface area contributed by atoms with Crippen molar-refractivity contribution in [2.24, 2.45) is 0 Å². The van der Waals surface area contributed by atoms with Gasteiger partial charge in [-0.2, -0.15) is 0 Å². The molecule has 1 aliphatic rings. The Morgan fingerprint density at radius 3 is 2.09 bits per heavy atom.